The number of carbonyl (C=O) groups is 1. The highest BCUT2D eigenvalue weighted by molar-refractivity contribution is 7.89. The first-order valence-corrected chi connectivity index (χ1v) is 8.62. The van der Waals surface area contributed by atoms with Gasteiger partial charge in [-0.1, -0.05) is 25.5 Å². The zero-order chi connectivity index (χ0) is 15.5. The van der Waals surface area contributed by atoms with Crippen LogP contribution in [0.2, 0.25) is 0 Å². The van der Waals surface area contributed by atoms with E-state index >= 15 is 0 Å². The number of esters is 1. The van der Waals surface area contributed by atoms with Crippen molar-refractivity contribution in [3.63, 3.8) is 0 Å². The Balaban J connectivity index is 2.35. The van der Waals surface area contributed by atoms with Crippen LogP contribution >= 0.6 is 0 Å². The molecule has 0 radical (unpaired) electrons. The van der Waals surface area contributed by atoms with Crippen molar-refractivity contribution < 1.29 is 17.9 Å². The average molecular weight is 311 g/mol. The van der Waals surface area contributed by atoms with Crippen LogP contribution < -0.4 is 0 Å². The van der Waals surface area contributed by atoms with Gasteiger partial charge in [-0.15, -0.1) is 0 Å². The fourth-order valence-electron chi connectivity index (χ4n) is 2.47. The molecule has 0 saturated heterocycles. The second-order valence-corrected chi connectivity index (χ2v) is 7.15. The number of nitrogens with zero attached hydrogens (tertiary/aromatic N) is 1. The Bertz CT molecular complexity index is 608. The number of ether oxygens (including phenoxy) is 1. The fraction of sp³-hybridized carbons (Fsp3) is 0.533. The maximum Gasteiger partial charge on any atom is 0.339 e. The Kier molecular flexibility index (Phi) is 5.00. The molecule has 21 heavy (non-hydrogen) atoms. The molecule has 1 saturated carbocycles. The van der Waals surface area contributed by atoms with E-state index in [4.69, 9.17) is 0 Å². The maximum absolute atomic E-state index is 12.8. The predicted molar refractivity (Wildman–Crippen MR) is 79.6 cm³/mol. The van der Waals surface area contributed by atoms with E-state index in [1.165, 1.54) is 30.0 Å². The first-order chi connectivity index (χ1) is 10.0. The summed E-state index contributed by atoms with van der Waals surface area (Å²) >= 11 is 0. The normalized spacial score (nSPS) is 15.8. The minimum atomic E-state index is -3.68. The van der Waals surface area contributed by atoms with Gasteiger partial charge in [-0.05, 0) is 30.9 Å². The Morgan fingerprint density at radius 3 is 2.52 bits per heavy atom. The molecule has 0 spiro atoms. The molecule has 1 fully saturated rings. The predicted octanol–water partition coefficient (Wildman–Crippen LogP) is 2.28. The molecule has 0 amide bonds. The molecule has 0 aliphatic heterocycles. The molecule has 2 rings (SSSR count). The van der Waals surface area contributed by atoms with Crippen molar-refractivity contribution in [3.8, 4) is 0 Å². The summed E-state index contributed by atoms with van der Waals surface area (Å²) in [5.74, 6) is -0.195. The summed E-state index contributed by atoms with van der Waals surface area (Å²) in [6.07, 6.45) is 3.32. The van der Waals surface area contributed by atoms with Crippen LogP contribution in [0, 0.1) is 5.92 Å². The number of hydrogen-bond acceptors (Lipinski definition) is 4. The van der Waals surface area contributed by atoms with Crippen molar-refractivity contribution in [2.45, 2.75) is 31.1 Å². The summed E-state index contributed by atoms with van der Waals surface area (Å²) < 4.78 is 31.7. The molecule has 0 heterocycles. The zero-order valence-corrected chi connectivity index (χ0v) is 13.2. The van der Waals surface area contributed by atoms with E-state index < -0.39 is 16.0 Å². The van der Waals surface area contributed by atoms with Crippen molar-refractivity contribution in [1.29, 1.82) is 0 Å². The molecule has 116 valence electrons. The first kappa shape index (κ1) is 16.0. The van der Waals surface area contributed by atoms with Gasteiger partial charge in [0.2, 0.25) is 10.0 Å². The van der Waals surface area contributed by atoms with Gasteiger partial charge in [0.15, 0.2) is 0 Å². The Labute approximate surface area is 126 Å². The summed E-state index contributed by atoms with van der Waals surface area (Å²) in [6.45, 7) is 2.74. The van der Waals surface area contributed by atoms with E-state index in [1.54, 1.807) is 12.1 Å². The van der Waals surface area contributed by atoms with Crippen LogP contribution in [0.25, 0.3) is 0 Å². The monoisotopic (exact) mass is 311 g/mol. The number of rotatable bonds is 6. The molecule has 1 aliphatic carbocycles. The largest absolute Gasteiger partial charge is 0.465 e. The topological polar surface area (TPSA) is 63.7 Å². The Hall–Kier alpha value is -1.40. The van der Waals surface area contributed by atoms with Crippen molar-refractivity contribution in [3.05, 3.63) is 29.8 Å². The summed E-state index contributed by atoms with van der Waals surface area (Å²) in [5.41, 5.74) is 0.0899. The van der Waals surface area contributed by atoms with Gasteiger partial charge < -0.3 is 4.74 Å². The lowest BCUT2D eigenvalue weighted by atomic mass is 9.85. The quantitative estimate of drug-likeness (QED) is 0.756. The number of sulfonamides is 1. The van der Waals surface area contributed by atoms with Crippen LogP contribution in [0.3, 0.4) is 0 Å². The number of carbonyl (C=O) groups excluding carboxylic acids is 1. The second kappa shape index (κ2) is 6.58. The van der Waals surface area contributed by atoms with Gasteiger partial charge in [-0.25, -0.2) is 13.2 Å². The molecule has 0 unspecified atom stereocenters. The highest BCUT2D eigenvalue weighted by atomic mass is 32.2. The van der Waals surface area contributed by atoms with E-state index in [-0.39, 0.29) is 10.5 Å². The molecule has 1 aliphatic rings. The third kappa shape index (κ3) is 3.27. The summed E-state index contributed by atoms with van der Waals surface area (Å²) in [4.78, 5) is 11.8. The van der Waals surface area contributed by atoms with Crippen molar-refractivity contribution in [1.82, 2.24) is 4.31 Å². The van der Waals surface area contributed by atoms with Crippen LogP contribution in [-0.4, -0.2) is 38.9 Å². The summed E-state index contributed by atoms with van der Waals surface area (Å²) in [5, 5.41) is 0. The molecule has 5 nitrogen and oxygen atoms in total. The van der Waals surface area contributed by atoms with Crippen LogP contribution in [0.1, 0.15) is 36.5 Å². The lowest BCUT2D eigenvalue weighted by Crippen LogP contribution is -2.37. The minimum Gasteiger partial charge on any atom is -0.465 e. The molecule has 0 bridgehead atoms. The molecule has 1 aromatic rings. The van der Waals surface area contributed by atoms with Crippen LogP contribution in [0.5, 0.6) is 0 Å². The Morgan fingerprint density at radius 1 is 1.33 bits per heavy atom. The SMILES string of the molecule is CCN(CC1CCC1)S(=O)(=O)c1ccccc1C(=O)OC. The van der Waals surface area contributed by atoms with E-state index in [0.717, 1.165) is 12.8 Å². The second-order valence-electron chi connectivity index (χ2n) is 5.24. The Morgan fingerprint density at radius 2 is 2.00 bits per heavy atom. The molecular weight excluding hydrogens is 290 g/mol. The zero-order valence-electron chi connectivity index (χ0n) is 12.4. The lowest BCUT2D eigenvalue weighted by Gasteiger charge is -2.31. The fourth-order valence-corrected chi connectivity index (χ4v) is 4.17. The van der Waals surface area contributed by atoms with E-state index in [1.807, 2.05) is 6.92 Å². The minimum absolute atomic E-state index is 0.0259. The molecular formula is C15H21NO4S. The summed E-state index contributed by atoms with van der Waals surface area (Å²) in [6, 6.07) is 6.20. The number of methoxy groups -OCH3 is 1. The van der Waals surface area contributed by atoms with Gasteiger partial charge in [-0.3, -0.25) is 0 Å². The highest BCUT2D eigenvalue weighted by Crippen LogP contribution is 2.29. The van der Waals surface area contributed by atoms with Crippen LogP contribution in [-0.2, 0) is 14.8 Å². The average Bonchev–Trinajstić information content (AvgIpc) is 2.45. The summed E-state index contributed by atoms with van der Waals surface area (Å²) in [7, 11) is -2.43. The maximum atomic E-state index is 12.8. The smallest absolute Gasteiger partial charge is 0.339 e. The number of benzene rings is 1. The van der Waals surface area contributed by atoms with E-state index in [2.05, 4.69) is 4.74 Å². The molecule has 6 heteroatoms. The number of hydrogen-bond donors (Lipinski definition) is 0. The molecule has 1 aromatic carbocycles. The van der Waals surface area contributed by atoms with Gasteiger partial charge >= 0.3 is 5.97 Å². The van der Waals surface area contributed by atoms with Gasteiger partial charge in [0.1, 0.15) is 0 Å². The molecule has 0 N–H and O–H groups in total. The van der Waals surface area contributed by atoms with Crippen LogP contribution in [0.15, 0.2) is 29.2 Å². The van der Waals surface area contributed by atoms with Gasteiger partial charge in [0.25, 0.3) is 0 Å². The van der Waals surface area contributed by atoms with Crippen LogP contribution in [0.4, 0.5) is 0 Å². The molecule has 0 atom stereocenters. The first-order valence-electron chi connectivity index (χ1n) is 7.18. The standard InChI is InChI=1S/C15H21NO4S/c1-3-16(11-12-7-6-8-12)21(18,19)14-10-5-4-9-13(14)15(17)20-2/h4-5,9-10,12H,3,6-8,11H2,1-2H3. The van der Waals surface area contributed by atoms with E-state index in [9.17, 15) is 13.2 Å². The molecule has 0 aromatic heterocycles. The third-order valence-electron chi connectivity index (χ3n) is 3.95. The highest BCUT2D eigenvalue weighted by Gasteiger charge is 2.31. The van der Waals surface area contributed by atoms with Gasteiger partial charge in [-0.2, -0.15) is 4.31 Å². The van der Waals surface area contributed by atoms with E-state index in [0.29, 0.717) is 19.0 Å². The van der Waals surface area contributed by atoms with Crippen molar-refractivity contribution in [2.24, 2.45) is 5.92 Å². The third-order valence-corrected chi connectivity index (χ3v) is 5.95. The van der Waals surface area contributed by atoms with Crippen molar-refractivity contribution >= 4 is 16.0 Å². The lowest BCUT2D eigenvalue weighted by molar-refractivity contribution is 0.0596. The van der Waals surface area contributed by atoms with Gasteiger partial charge in [0, 0.05) is 13.1 Å². The van der Waals surface area contributed by atoms with Gasteiger partial charge in [0.05, 0.1) is 17.6 Å². The van der Waals surface area contributed by atoms with Crippen molar-refractivity contribution in [2.75, 3.05) is 20.2 Å².